The molecule has 0 amide bonds. The number of hydrogen-bond donors (Lipinski definition) is 1. The highest BCUT2D eigenvalue weighted by Gasteiger charge is 2.08. The molecular formula is C10H23NO. The van der Waals surface area contributed by atoms with E-state index in [1.807, 2.05) is 7.05 Å². The Bertz CT molecular complexity index is 95.8. The average molecular weight is 173 g/mol. The molecule has 0 aliphatic heterocycles. The van der Waals surface area contributed by atoms with Crippen LogP contribution in [0.25, 0.3) is 0 Å². The number of rotatable bonds is 7. The molecule has 0 aliphatic rings. The summed E-state index contributed by atoms with van der Waals surface area (Å²) in [7, 11) is 3.79. The van der Waals surface area contributed by atoms with E-state index in [1.165, 1.54) is 19.3 Å². The fourth-order valence-electron chi connectivity index (χ4n) is 1.25. The number of ether oxygens (including phenoxy) is 1. The van der Waals surface area contributed by atoms with Gasteiger partial charge >= 0.3 is 0 Å². The predicted molar refractivity (Wildman–Crippen MR) is 53.4 cm³/mol. The second-order valence-electron chi connectivity index (χ2n) is 3.54. The second-order valence-corrected chi connectivity index (χ2v) is 3.54. The summed E-state index contributed by atoms with van der Waals surface area (Å²) in [5.41, 5.74) is 0. The molecule has 0 saturated carbocycles. The molecule has 0 saturated heterocycles. The first kappa shape index (κ1) is 11.9. The summed E-state index contributed by atoms with van der Waals surface area (Å²) < 4.78 is 4.99. The van der Waals surface area contributed by atoms with Crippen LogP contribution in [0.15, 0.2) is 0 Å². The minimum atomic E-state index is 0.632. The van der Waals surface area contributed by atoms with Crippen molar-refractivity contribution < 1.29 is 4.74 Å². The van der Waals surface area contributed by atoms with Gasteiger partial charge in [-0.2, -0.15) is 0 Å². The maximum Gasteiger partial charge on any atom is 0.0462 e. The summed E-state index contributed by atoms with van der Waals surface area (Å²) in [6, 6.07) is 0.632. The number of unbranched alkanes of at least 4 members (excludes halogenated alkanes) is 1. The zero-order valence-electron chi connectivity index (χ0n) is 8.89. The van der Waals surface area contributed by atoms with E-state index in [9.17, 15) is 0 Å². The third-order valence-corrected chi connectivity index (χ3v) is 2.57. The van der Waals surface area contributed by atoms with Crippen LogP contribution in [-0.2, 0) is 4.74 Å². The van der Waals surface area contributed by atoms with Gasteiger partial charge in [0.25, 0.3) is 0 Å². The van der Waals surface area contributed by atoms with Crippen molar-refractivity contribution in [1.29, 1.82) is 0 Å². The third kappa shape index (κ3) is 5.56. The van der Waals surface area contributed by atoms with Gasteiger partial charge in [0.15, 0.2) is 0 Å². The van der Waals surface area contributed by atoms with E-state index in [0.717, 1.165) is 12.5 Å². The van der Waals surface area contributed by atoms with Gasteiger partial charge in [-0.1, -0.05) is 13.3 Å². The van der Waals surface area contributed by atoms with Crippen molar-refractivity contribution in [3.05, 3.63) is 0 Å². The first-order valence-corrected chi connectivity index (χ1v) is 4.88. The van der Waals surface area contributed by atoms with E-state index in [2.05, 4.69) is 19.2 Å². The van der Waals surface area contributed by atoms with Crippen LogP contribution in [0.1, 0.15) is 33.1 Å². The molecular weight excluding hydrogens is 150 g/mol. The molecule has 0 fully saturated rings. The van der Waals surface area contributed by atoms with Crippen LogP contribution in [0, 0.1) is 5.92 Å². The van der Waals surface area contributed by atoms with Crippen LogP contribution < -0.4 is 5.32 Å². The molecule has 74 valence electrons. The summed E-state index contributed by atoms with van der Waals surface area (Å²) in [6.45, 7) is 5.44. The molecule has 2 atom stereocenters. The molecule has 0 aliphatic carbocycles. The van der Waals surface area contributed by atoms with Gasteiger partial charge in [-0.05, 0) is 32.7 Å². The van der Waals surface area contributed by atoms with E-state index in [4.69, 9.17) is 4.74 Å². The summed E-state index contributed by atoms with van der Waals surface area (Å²) in [5.74, 6) is 0.770. The minimum Gasteiger partial charge on any atom is -0.385 e. The molecule has 0 spiro atoms. The Morgan fingerprint density at radius 1 is 1.25 bits per heavy atom. The van der Waals surface area contributed by atoms with Crippen molar-refractivity contribution >= 4 is 0 Å². The van der Waals surface area contributed by atoms with Crippen LogP contribution in [0.5, 0.6) is 0 Å². The van der Waals surface area contributed by atoms with Gasteiger partial charge < -0.3 is 10.1 Å². The smallest absolute Gasteiger partial charge is 0.0462 e. The Hall–Kier alpha value is -0.0800. The van der Waals surface area contributed by atoms with E-state index in [1.54, 1.807) is 7.11 Å². The molecule has 0 heterocycles. The molecule has 1 N–H and O–H groups in total. The monoisotopic (exact) mass is 173 g/mol. The van der Waals surface area contributed by atoms with Gasteiger partial charge in [0.1, 0.15) is 0 Å². The summed E-state index contributed by atoms with van der Waals surface area (Å²) in [6.07, 6.45) is 3.77. The first-order chi connectivity index (χ1) is 5.72. The van der Waals surface area contributed by atoms with Gasteiger partial charge in [0.05, 0.1) is 0 Å². The Labute approximate surface area is 76.7 Å². The Morgan fingerprint density at radius 2 is 1.92 bits per heavy atom. The summed E-state index contributed by atoms with van der Waals surface area (Å²) in [4.78, 5) is 0. The fraction of sp³-hybridized carbons (Fsp3) is 1.00. The lowest BCUT2D eigenvalue weighted by Crippen LogP contribution is -2.28. The molecule has 0 bridgehead atoms. The van der Waals surface area contributed by atoms with Gasteiger partial charge in [0, 0.05) is 19.8 Å². The highest BCUT2D eigenvalue weighted by atomic mass is 16.5. The van der Waals surface area contributed by atoms with Crippen molar-refractivity contribution in [1.82, 2.24) is 5.32 Å². The van der Waals surface area contributed by atoms with Gasteiger partial charge in [-0.3, -0.25) is 0 Å². The zero-order valence-corrected chi connectivity index (χ0v) is 8.89. The Kier molecular flexibility index (Phi) is 7.51. The molecule has 0 radical (unpaired) electrons. The lowest BCUT2D eigenvalue weighted by Gasteiger charge is -2.18. The van der Waals surface area contributed by atoms with Gasteiger partial charge in [0.2, 0.25) is 0 Å². The summed E-state index contributed by atoms with van der Waals surface area (Å²) >= 11 is 0. The first-order valence-electron chi connectivity index (χ1n) is 4.88. The normalized spacial score (nSPS) is 16.0. The van der Waals surface area contributed by atoms with E-state index < -0.39 is 0 Å². The van der Waals surface area contributed by atoms with Gasteiger partial charge in [-0.15, -0.1) is 0 Å². The van der Waals surface area contributed by atoms with E-state index in [0.29, 0.717) is 6.04 Å². The van der Waals surface area contributed by atoms with Crippen molar-refractivity contribution in [3.8, 4) is 0 Å². The van der Waals surface area contributed by atoms with E-state index >= 15 is 0 Å². The SMILES string of the molecule is CNC(C)C(C)CCCCOC. The highest BCUT2D eigenvalue weighted by Crippen LogP contribution is 2.11. The number of methoxy groups -OCH3 is 1. The standard InChI is InChI=1S/C10H23NO/c1-9(10(2)11-3)7-5-6-8-12-4/h9-11H,5-8H2,1-4H3. The van der Waals surface area contributed by atoms with Crippen LogP contribution in [-0.4, -0.2) is 26.8 Å². The van der Waals surface area contributed by atoms with Crippen molar-refractivity contribution in [3.63, 3.8) is 0 Å². The molecule has 2 nitrogen and oxygen atoms in total. The van der Waals surface area contributed by atoms with Crippen LogP contribution in [0.2, 0.25) is 0 Å². The Balaban J connectivity index is 3.24. The molecule has 2 unspecified atom stereocenters. The number of nitrogens with one attached hydrogen (secondary N) is 1. The van der Waals surface area contributed by atoms with Crippen molar-refractivity contribution in [2.75, 3.05) is 20.8 Å². The fourth-order valence-corrected chi connectivity index (χ4v) is 1.25. The third-order valence-electron chi connectivity index (χ3n) is 2.57. The van der Waals surface area contributed by atoms with Crippen LogP contribution in [0.3, 0.4) is 0 Å². The second kappa shape index (κ2) is 7.56. The van der Waals surface area contributed by atoms with Crippen molar-refractivity contribution in [2.24, 2.45) is 5.92 Å². The molecule has 12 heavy (non-hydrogen) atoms. The van der Waals surface area contributed by atoms with E-state index in [-0.39, 0.29) is 0 Å². The van der Waals surface area contributed by atoms with Crippen molar-refractivity contribution in [2.45, 2.75) is 39.2 Å². The van der Waals surface area contributed by atoms with Gasteiger partial charge in [-0.25, -0.2) is 0 Å². The maximum atomic E-state index is 4.99. The highest BCUT2D eigenvalue weighted by molar-refractivity contribution is 4.65. The molecule has 0 rings (SSSR count). The number of hydrogen-bond acceptors (Lipinski definition) is 2. The Morgan fingerprint density at radius 3 is 2.42 bits per heavy atom. The largest absolute Gasteiger partial charge is 0.385 e. The summed E-state index contributed by atoms with van der Waals surface area (Å²) in [5, 5.41) is 3.27. The van der Waals surface area contributed by atoms with Crippen LogP contribution in [0.4, 0.5) is 0 Å². The molecule has 0 aromatic heterocycles. The zero-order chi connectivity index (χ0) is 9.40. The lowest BCUT2D eigenvalue weighted by atomic mass is 9.97. The average Bonchev–Trinajstić information content (AvgIpc) is 2.10. The maximum absolute atomic E-state index is 4.99. The van der Waals surface area contributed by atoms with Crippen LogP contribution >= 0.6 is 0 Å². The molecule has 2 heteroatoms. The predicted octanol–water partition coefficient (Wildman–Crippen LogP) is 2.05. The topological polar surface area (TPSA) is 21.3 Å². The lowest BCUT2D eigenvalue weighted by molar-refractivity contribution is 0.189. The quantitative estimate of drug-likeness (QED) is 0.595. The minimum absolute atomic E-state index is 0.632. The molecule has 0 aromatic rings. The molecule has 0 aromatic carbocycles.